The summed E-state index contributed by atoms with van der Waals surface area (Å²) in [6.45, 7) is 0. The summed E-state index contributed by atoms with van der Waals surface area (Å²) < 4.78 is 18.7. The largest absolute Gasteiger partial charge is 0.453 e. The van der Waals surface area contributed by atoms with Crippen LogP contribution >= 0.6 is 0 Å². The van der Waals surface area contributed by atoms with Crippen LogP contribution in [0.5, 0.6) is 11.5 Å². The van der Waals surface area contributed by atoms with Gasteiger partial charge in [-0.3, -0.25) is 0 Å². The number of hydrogen-bond donors (Lipinski definition) is 1. The molecule has 0 atom stereocenters. The van der Waals surface area contributed by atoms with Gasteiger partial charge in [0.1, 0.15) is 17.5 Å². The van der Waals surface area contributed by atoms with Crippen LogP contribution in [0.1, 0.15) is 5.69 Å². The zero-order chi connectivity index (χ0) is 12.3. The summed E-state index contributed by atoms with van der Waals surface area (Å²) in [6.07, 6.45) is 1.36. The van der Waals surface area contributed by atoms with Crippen LogP contribution in [0.2, 0.25) is 0 Å². The first-order valence-electron chi connectivity index (χ1n) is 4.78. The average molecular weight is 229 g/mol. The lowest BCUT2D eigenvalue weighted by molar-refractivity contribution is 0.441. The van der Waals surface area contributed by atoms with Crippen molar-refractivity contribution >= 4 is 5.69 Å². The Labute approximate surface area is 97.1 Å². The van der Waals surface area contributed by atoms with Gasteiger partial charge in [0.2, 0.25) is 0 Å². The van der Waals surface area contributed by atoms with Gasteiger partial charge in [0.05, 0.1) is 6.20 Å². The lowest BCUT2D eigenvalue weighted by Crippen LogP contribution is -1.92. The van der Waals surface area contributed by atoms with Crippen molar-refractivity contribution in [1.29, 1.82) is 5.26 Å². The summed E-state index contributed by atoms with van der Waals surface area (Å²) in [4.78, 5) is 3.81. The Kier molecular flexibility index (Phi) is 2.88. The van der Waals surface area contributed by atoms with Gasteiger partial charge in [0, 0.05) is 11.8 Å². The Morgan fingerprint density at radius 1 is 1.29 bits per heavy atom. The van der Waals surface area contributed by atoms with Crippen molar-refractivity contribution in [3.8, 4) is 17.6 Å². The fourth-order valence-electron chi connectivity index (χ4n) is 1.23. The molecule has 1 heterocycles. The molecular weight excluding hydrogens is 221 g/mol. The van der Waals surface area contributed by atoms with Crippen molar-refractivity contribution in [2.24, 2.45) is 0 Å². The lowest BCUT2D eigenvalue weighted by Gasteiger charge is -2.06. The summed E-state index contributed by atoms with van der Waals surface area (Å²) in [7, 11) is 0. The fourth-order valence-corrected chi connectivity index (χ4v) is 1.23. The zero-order valence-electron chi connectivity index (χ0n) is 8.72. The van der Waals surface area contributed by atoms with Crippen molar-refractivity contribution in [3.05, 3.63) is 48.0 Å². The van der Waals surface area contributed by atoms with Gasteiger partial charge < -0.3 is 10.5 Å². The molecule has 0 amide bonds. The molecule has 0 bridgehead atoms. The van der Waals surface area contributed by atoms with Crippen molar-refractivity contribution in [2.75, 3.05) is 5.73 Å². The molecule has 0 spiro atoms. The molecule has 1 aromatic carbocycles. The topological polar surface area (TPSA) is 71.9 Å². The molecule has 0 aliphatic carbocycles. The number of benzene rings is 1. The zero-order valence-corrected chi connectivity index (χ0v) is 8.72. The molecule has 5 heteroatoms. The first-order valence-corrected chi connectivity index (χ1v) is 4.78. The molecule has 4 nitrogen and oxygen atoms in total. The van der Waals surface area contributed by atoms with Gasteiger partial charge >= 0.3 is 0 Å². The Balaban J connectivity index is 2.23. The molecule has 0 aliphatic heterocycles. The Morgan fingerprint density at radius 2 is 2.12 bits per heavy atom. The number of anilines is 1. The number of nitrogens with zero attached hydrogens (tertiary/aromatic N) is 2. The maximum atomic E-state index is 13.4. The molecule has 17 heavy (non-hydrogen) atoms. The molecule has 84 valence electrons. The molecule has 0 radical (unpaired) electrons. The minimum absolute atomic E-state index is 0.0608. The van der Waals surface area contributed by atoms with Crippen molar-refractivity contribution in [1.82, 2.24) is 4.98 Å². The van der Waals surface area contributed by atoms with E-state index < -0.39 is 5.82 Å². The van der Waals surface area contributed by atoms with E-state index in [0.717, 1.165) is 0 Å². The van der Waals surface area contributed by atoms with E-state index in [2.05, 4.69) is 4.98 Å². The van der Waals surface area contributed by atoms with E-state index >= 15 is 0 Å². The van der Waals surface area contributed by atoms with Crippen LogP contribution in [-0.2, 0) is 0 Å². The first kappa shape index (κ1) is 10.9. The second-order valence-electron chi connectivity index (χ2n) is 3.28. The highest BCUT2D eigenvalue weighted by Crippen LogP contribution is 2.25. The highest BCUT2D eigenvalue weighted by molar-refractivity contribution is 5.44. The van der Waals surface area contributed by atoms with E-state index in [4.69, 9.17) is 15.7 Å². The van der Waals surface area contributed by atoms with Crippen molar-refractivity contribution in [3.63, 3.8) is 0 Å². The number of nitrogen functional groups attached to an aromatic ring is 1. The molecule has 0 unspecified atom stereocenters. The second kappa shape index (κ2) is 4.49. The molecule has 0 aliphatic rings. The molecule has 0 saturated heterocycles. The second-order valence-corrected chi connectivity index (χ2v) is 3.28. The maximum absolute atomic E-state index is 13.4. The van der Waals surface area contributed by atoms with Gasteiger partial charge in [0.25, 0.3) is 0 Å². The summed E-state index contributed by atoms with van der Waals surface area (Å²) in [5.41, 5.74) is 6.01. The Morgan fingerprint density at radius 3 is 2.71 bits per heavy atom. The molecular formula is C12H8FN3O. The van der Waals surface area contributed by atoms with Gasteiger partial charge in [-0.25, -0.2) is 9.37 Å². The third-order valence-electron chi connectivity index (χ3n) is 2.03. The number of hydrogen-bond acceptors (Lipinski definition) is 4. The van der Waals surface area contributed by atoms with Crippen LogP contribution in [0.25, 0.3) is 0 Å². The predicted molar refractivity (Wildman–Crippen MR) is 59.8 cm³/mol. The van der Waals surface area contributed by atoms with Crippen LogP contribution in [0.15, 0.2) is 36.5 Å². The van der Waals surface area contributed by atoms with E-state index in [1.165, 1.54) is 30.5 Å². The van der Waals surface area contributed by atoms with E-state index in [1.54, 1.807) is 6.07 Å². The van der Waals surface area contributed by atoms with Crippen LogP contribution in [0.4, 0.5) is 10.1 Å². The van der Waals surface area contributed by atoms with E-state index in [-0.39, 0.29) is 11.4 Å². The Bertz CT molecular complexity index is 575. The van der Waals surface area contributed by atoms with Crippen LogP contribution in [0.3, 0.4) is 0 Å². The number of nitrogens with two attached hydrogens (primary N) is 1. The molecule has 2 N–H and O–H groups in total. The van der Waals surface area contributed by atoms with Crippen LogP contribution < -0.4 is 10.5 Å². The third-order valence-corrected chi connectivity index (χ3v) is 2.03. The molecule has 2 aromatic rings. The maximum Gasteiger partial charge on any atom is 0.167 e. The number of ether oxygens (including phenoxy) is 1. The predicted octanol–water partition coefficient (Wildman–Crippen LogP) is 2.47. The third kappa shape index (κ3) is 2.49. The van der Waals surface area contributed by atoms with Gasteiger partial charge in [-0.1, -0.05) is 0 Å². The van der Waals surface area contributed by atoms with Gasteiger partial charge in [-0.05, 0) is 24.3 Å². The molecule has 2 rings (SSSR count). The van der Waals surface area contributed by atoms with Crippen molar-refractivity contribution in [2.45, 2.75) is 0 Å². The number of pyridine rings is 1. The number of rotatable bonds is 2. The smallest absolute Gasteiger partial charge is 0.167 e. The molecule has 1 aromatic heterocycles. The van der Waals surface area contributed by atoms with Gasteiger partial charge in [-0.15, -0.1) is 0 Å². The summed E-state index contributed by atoms with van der Waals surface area (Å²) in [5, 5.41) is 8.57. The van der Waals surface area contributed by atoms with E-state index in [0.29, 0.717) is 11.4 Å². The quantitative estimate of drug-likeness (QED) is 0.803. The van der Waals surface area contributed by atoms with Gasteiger partial charge in [-0.2, -0.15) is 5.26 Å². The fraction of sp³-hybridized carbons (Fsp3) is 0. The highest BCUT2D eigenvalue weighted by Gasteiger charge is 2.05. The van der Waals surface area contributed by atoms with Gasteiger partial charge in [0.15, 0.2) is 11.6 Å². The number of nitriles is 1. The minimum Gasteiger partial charge on any atom is -0.453 e. The standard InChI is InChI=1S/C12H8FN3O/c13-11-5-8(15)1-4-12(11)17-10-3-2-9(6-14)16-7-10/h1-5,7H,15H2. The minimum atomic E-state index is -0.547. The van der Waals surface area contributed by atoms with E-state index in [9.17, 15) is 4.39 Å². The van der Waals surface area contributed by atoms with E-state index in [1.807, 2.05) is 6.07 Å². The van der Waals surface area contributed by atoms with Crippen LogP contribution in [-0.4, -0.2) is 4.98 Å². The van der Waals surface area contributed by atoms with Crippen molar-refractivity contribution < 1.29 is 9.13 Å². The SMILES string of the molecule is N#Cc1ccc(Oc2ccc(N)cc2F)cn1. The molecule has 0 fully saturated rings. The summed E-state index contributed by atoms with van der Waals surface area (Å²) in [6, 6.07) is 9.06. The van der Waals surface area contributed by atoms with Crippen LogP contribution in [0, 0.1) is 17.1 Å². The number of aromatic nitrogens is 1. The average Bonchev–Trinajstić information content (AvgIpc) is 2.34. The lowest BCUT2D eigenvalue weighted by atomic mass is 10.3. The normalized spacial score (nSPS) is 9.65. The number of halogens is 1. The Hall–Kier alpha value is -2.61. The summed E-state index contributed by atoms with van der Waals surface area (Å²) >= 11 is 0. The summed E-state index contributed by atoms with van der Waals surface area (Å²) in [5.74, 6) is -0.132. The monoisotopic (exact) mass is 229 g/mol. The first-order chi connectivity index (χ1) is 8.19. The molecule has 0 saturated carbocycles. The highest BCUT2D eigenvalue weighted by atomic mass is 19.1.